The number of methoxy groups -OCH3 is 1. The fourth-order valence-electron chi connectivity index (χ4n) is 3.91. The summed E-state index contributed by atoms with van der Waals surface area (Å²) in [6.07, 6.45) is 2.24. The molecule has 31 heavy (non-hydrogen) atoms. The second-order valence-corrected chi connectivity index (χ2v) is 8.46. The summed E-state index contributed by atoms with van der Waals surface area (Å²) >= 11 is 1.45. The lowest BCUT2D eigenvalue weighted by Gasteiger charge is -2.18. The fraction of sp³-hybridized carbons (Fsp3) is 0.261. The lowest BCUT2D eigenvalue weighted by Crippen LogP contribution is -2.36. The molecule has 2 aromatic heterocycles. The minimum Gasteiger partial charge on any atom is -0.496 e. The molecule has 158 valence electrons. The molecule has 2 aromatic carbocycles. The highest BCUT2D eigenvalue weighted by atomic mass is 32.1. The standard InChI is InChI=1S/C23H21FN4O2S/c1-30-19-9-5-3-7-17(19)23(11-12-23)21(29)25-13-10-15-14-31-22-26-20(27-28(15)22)16-6-2-4-8-18(16)24/h2-9,14H,10-13H2,1H3,(H,25,29). The molecule has 0 saturated heterocycles. The Hall–Kier alpha value is -3.26. The molecule has 0 bridgehead atoms. The largest absolute Gasteiger partial charge is 0.496 e. The van der Waals surface area contributed by atoms with Gasteiger partial charge in [-0.25, -0.2) is 8.91 Å². The van der Waals surface area contributed by atoms with E-state index in [0.29, 0.717) is 29.3 Å². The summed E-state index contributed by atoms with van der Waals surface area (Å²) in [7, 11) is 1.63. The van der Waals surface area contributed by atoms with Crippen LogP contribution in [0.25, 0.3) is 16.3 Å². The molecule has 6 nitrogen and oxygen atoms in total. The number of halogens is 1. The van der Waals surface area contributed by atoms with Crippen LogP contribution in [0, 0.1) is 5.82 Å². The van der Waals surface area contributed by atoms with Gasteiger partial charge < -0.3 is 10.1 Å². The van der Waals surface area contributed by atoms with Crippen LogP contribution in [0.1, 0.15) is 24.1 Å². The summed E-state index contributed by atoms with van der Waals surface area (Å²) in [5.74, 6) is 0.788. The number of ether oxygens (including phenoxy) is 1. The van der Waals surface area contributed by atoms with Crippen LogP contribution >= 0.6 is 11.3 Å². The van der Waals surface area contributed by atoms with E-state index in [1.807, 2.05) is 29.6 Å². The number of fused-ring (bicyclic) bond motifs is 1. The zero-order valence-corrected chi connectivity index (χ0v) is 17.8. The molecule has 8 heteroatoms. The van der Waals surface area contributed by atoms with E-state index in [1.54, 1.807) is 29.8 Å². The number of benzene rings is 2. The van der Waals surface area contributed by atoms with Gasteiger partial charge in [-0.2, -0.15) is 4.98 Å². The molecule has 0 unspecified atom stereocenters. The molecule has 1 amide bonds. The lowest BCUT2D eigenvalue weighted by molar-refractivity contribution is -0.123. The van der Waals surface area contributed by atoms with Gasteiger partial charge in [0.1, 0.15) is 11.6 Å². The van der Waals surface area contributed by atoms with Gasteiger partial charge in [-0.3, -0.25) is 4.79 Å². The van der Waals surface area contributed by atoms with Crippen LogP contribution in [-0.4, -0.2) is 34.2 Å². The van der Waals surface area contributed by atoms with Gasteiger partial charge in [0, 0.05) is 23.9 Å². The number of carbonyl (C=O) groups is 1. The van der Waals surface area contributed by atoms with Crippen LogP contribution in [0.15, 0.2) is 53.9 Å². The van der Waals surface area contributed by atoms with Crippen molar-refractivity contribution in [3.63, 3.8) is 0 Å². The van der Waals surface area contributed by atoms with Crippen LogP contribution in [0.4, 0.5) is 4.39 Å². The Bertz CT molecular complexity index is 1260. The Kier molecular flexibility index (Phi) is 4.94. The molecule has 0 aliphatic heterocycles. The van der Waals surface area contributed by atoms with E-state index in [9.17, 15) is 9.18 Å². The molecule has 0 radical (unpaired) electrons. The van der Waals surface area contributed by atoms with E-state index in [2.05, 4.69) is 15.4 Å². The smallest absolute Gasteiger partial charge is 0.230 e. The summed E-state index contributed by atoms with van der Waals surface area (Å²) in [5, 5.41) is 9.53. The Balaban J connectivity index is 1.29. The number of hydrogen-bond acceptors (Lipinski definition) is 5. The SMILES string of the molecule is COc1ccccc1C1(C(=O)NCCc2csc3nc(-c4ccccc4F)nn23)CC1. The first-order valence-corrected chi connectivity index (χ1v) is 11.0. The van der Waals surface area contributed by atoms with Gasteiger partial charge in [-0.15, -0.1) is 16.4 Å². The maximum atomic E-state index is 14.1. The van der Waals surface area contributed by atoms with Crippen molar-refractivity contribution in [1.29, 1.82) is 0 Å². The maximum Gasteiger partial charge on any atom is 0.230 e. The van der Waals surface area contributed by atoms with Gasteiger partial charge in [0.2, 0.25) is 10.9 Å². The molecule has 1 aliphatic rings. The molecule has 4 aromatic rings. The Morgan fingerprint density at radius 1 is 1.23 bits per heavy atom. The van der Waals surface area contributed by atoms with Crippen molar-refractivity contribution in [1.82, 2.24) is 19.9 Å². The Labute approximate surface area is 182 Å². The maximum absolute atomic E-state index is 14.1. The third-order valence-electron chi connectivity index (χ3n) is 5.74. The molecule has 0 spiro atoms. The highest BCUT2D eigenvalue weighted by molar-refractivity contribution is 7.15. The summed E-state index contributed by atoms with van der Waals surface area (Å²) in [4.78, 5) is 18.1. The van der Waals surface area contributed by atoms with E-state index in [1.165, 1.54) is 17.4 Å². The van der Waals surface area contributed by atoms with E-state index in [-0.39, 0.29) is 11.7 Å². The number of aromatic nitrogens is 3. The third-order valence-corrected chi connectivity index (χ3v) is 6.60. The van der Waals surface area contributed by atoms with E-state index < -0.39 is 5.41 Å². The quantitative estimate of drug-likeness (QED) is 0.476. The second-order valence-electron chi connectivity index (χ2n) is 7.62. The number of amides is 1. The van der Waals surface area contributed by atoms with E-state index in [4.69, 9.17) is 4.74 Å². The number of carbonyl (C=O) groups excluding carboxylic acids is 1. The summed E-state index contributed by atoms with van der Waals surface area (Å²) < 4.78 is 21.3. The van der Waals surface area contributed by atoms with Gasteiger partial charge in [-0.05, 0) is 31.0 Å². The molecule has 1 fully saturated rings. The topological polar surface area (TPSA) is 68.5 Å². The van der Waals surface area contributed by atoms with Crippen molar-refractivity contribution in [2.24, 2.45) is 0 Å². The van der Waals surface area contributed by atoms with Crippen molar-refractivity contribution >= 4 is 22.2 Å². The van der Waals surface area contributed by atoms with E-state index >= 15 is 0 Å². The average Bonchev–Trinajstić information content (AvgIpc) is 3.37. The molecule has 2 heterocycles. The molecule has 5 rings (SSSR count). The molecular formula is C23H21FN4O2S. The normalized spacial score (nSPS) is 14.5. The zero-order chi connectivity index (χ0) is 21.4. The van der Waals surface area contributed by atoms with E-state index in [0.717, 1.165) is 29.8 Å². The monoisotopic (exact) mass is 436 g/mol. The first-order chi connectivity index (χ1) is 15.1. The highest BCUT2D eigenvalue weighted by Crippen LogP contribution is 2.51. The van der Waals surface area contributed by atoms with Crippen molar-refractivity contribution in [3.05, 3.63) is 71.0 Å². The summed E-state index contributed by atoms with van der Waals surface area (Å²) in [5.41, 5.74) is 1.75. The number of rotatable bonds is 7. The minimum absolute atomic E-state index is 0.0223. The Morgan fingerprint density at radius 2 is 2.00 bits per heavy atom. The predicted molar refractivity (Wildman–Crippen MR) is 117 cm³/mol. The number of hydrogen-bond donors (Lipinski definition) is 1. The zero-order valence-electron chi connectivity index (χ0n) is 17.0. The van der Waals surface area contributed by atoms with Crippen LogP contribution < -0.4 is 10.1 Å². The predicted octanol–water partition coefficient (Wildman–Crippen LogP) is 4.00. The number of nitrogens with one attached hydrogen (secondary N) is 1. The third kappa shape index (κ3) is 3.46. The van der Waals surface area contributed by atoms with Crippen molar-refractivity contribution in [2.75, 3.05) is 13.7 Å². The molecular weight excluding hydrogens is 415 g/mol. The van der Waals surface area contributed by atoms with Crippen molar-refractivity contribution < 1.29 is 13.9 Å². The van der Waals surface area contributed by atoms with Crippen LogP contribution in [0.2, 0.25) is 0 Å². The molecule has 0 atom stereocenters. The molecule has 1 N–H and O–H groups in total. The van der Waals surface area contributed by atoms with Crippen LogP contribution in [0.3, 0.4) is 0 Å². The summed E-state index contributed by atoms with van der Waals surface area (Å²) in [6, 6.07) is 14.2. The van der Waals surface area contributed by atoms with Crippen molar-refractivity contribution in [2.45, 2.75) is 24.7 Å². The highest BCUT2D eigenvalue weighted by Gasteiger charge is 2.52. The Morgan fingerprint density at radius 3 is 2.77 bits per heavy atom. The van der Waals surface area contributed by atoms with Gasteiger partial charge in [-0.1, -0.05) is 30.3 Å². The average molecular weight is 437 g/mol. The minimum atomic E-state index is -0.498. The lowest BCUT2D eigenvalue weighted by atomic mass is 9.94. The van der Waals surface area contributed by atoms with Gasteiger partial charge >= 0.3 is 0 Å². The number of thiazole rings is 1. The number of nitrogens with zero attached hydrogens (tertiary/aromatic N) is 3. The summed E-state index contributed by atoms with van der Waals surface area (Å²) in [6.45, 7) is 0.483. The van der Waals surface area contributed by atoms with Crippen molar-refractivity contribution in [3.8, 4) is 17.1 Å². The molecule has 1 saturated carbocycles. The van der Waals surface area contributed by atoms with Gasteiger partial charge in [0.15, 0.2) is 5.82 Å². The fourth-order valence-corrected chi connectivity index (χ4v) is 4.77. The van der Waals surface area contributed by atoms with Gasteiger partial charge in [0.05, 0.1) is 23.8 Å². The number of para-hydroxylation sites is 1. The second kappa shape index (κ2) is 7.77. The van der Waals surface area contributed by atoms with Crippen LogP contribution in [0.5, 0.6) is 5.75 Å². The van der Waals surface area contributed by atoms with Gasteiger partial charge in [0.25, 0.3) is 0 Å². The first kappa shape index (κ1) is 19.7. The van der Waals surface area contributed by atoms with Crippen LogP contribution in [-0.2, 0) is 16.6 Å². The molecule has 1 aliphatic carbocycles. The first-order valence-electron chi connectivity index (χ1n) is 10.1.